The van der Waals surface area contributed by atoms with Crippen LogP contribution in [0.4, 0.5) is 0 Å². The molecule has 0 aromatic carbocycles. The Morgan fingerprint density at radius 1 is 0.446 bits per heavy atom. The van der Waals surface area contributed by atoms with E-state index in [1.165, 1.54) is 212 Å². The molecule has 0 aliphatic heterocycles. The second-order valence-corrected chi connectivity index (χ2v) is 20.5. The van der Waals surface area contributed by atoms with Crippen LogP contribution in [0.25, 0.3) is 0 Å². The number of carboxylic acid groups (broad SMARTS) is 1. The smallest absolute Gasteiger partial charge is 0.306 e. The van der Waals surface area contributed by atoms with Gasteiger partial charge in [-0.05, 0) is 38.5 Å². The van der Waals surface area contributed by atoms with Gasteiger partial charge >= 0.3 is 11.9 Å². The van der Waals surface area contributed by atoms with Crippen LogP contribution in [-0.4, -0.2) is 75.5 Å². The number of hydrogen-bond donors (Lipinski definition) is 0. The van der Waals surface area contributed by atoms with Crippen molar-refractivity contribution in [2.75, 3.05) is 41.0 Å². The van der Waals surface area contributed by atoms with Crippen LogP contribution in [0.1, 0.15) is 284 Å². The van der Waals surface area contributed by atoms with E-state index < -0.39 is 18.1 Å². The van der Waals surface area contributed by atoms with Gasteiger partial charge in [-0.25, -0.2) is 0 Å². The van der Waals surface area contributed by atoms with Crippen LogP contribution in [0.5, 0.6) is 0 Å². The van der Waals surface area contributed by atoms with E-state index >= 15 is 0 Å². The van der Waals surface area contributed by atoms with Crippen LogP contribution in [0, 0.1) is 0 Å². The van der Waals surface area contributed by atoms with E-state index in [9.17, 15) is 19.5 Å². The van der Waals surface area contributed by atoms with Crippen molar-refractivity contribution in [2.45, 2.75) is 296 Å². The number of hydrogen-bond acceptors (Lipinski definition) is 7. The van der Waals surface area contributed by atoms with Crippen molar-refractivity contribution in [1.82, 2.24) is 0 Å². The Morgan fingerprint density at radius 2 is 0.769 bits per heavy atom. The van der Waals surface area contributed by atoms with Crippen LogP contribution < -0.4 is 5.11 Å². The lowest BCUT2D eigenvalue weighted by Gasteiger charge is -2.34. The molecule has 0 saturated carbocycles. The van der Waals surface area contributed by atoms with Gasteiger partial charge < -0.3 is 28.6 Å². The van der Waals surface area contributed by atoms with Crippen molar-refractivity contribution >= 4 is 17.9 Å². The molecule has 0 aliphatic rings. The van der Waals surface area contributed by atoms with Crippen molar-refractivity contribution in [1.29, 1.82) is 0 Å². The molecule has 8 nitrogen and oxygen atoms in total. The highest BCUT2D eigenvalue weighted by Gasteiger charge is 2.25. The quantitative estimate of drug-likeness (QED) is 0.0259. The van der Waals surface area contributed by atoms with Crippen molar-refractivity contribution in [3.05, 3.63) is 12.2 Å². The highest BCUT2D eigenvalue weighted by atomic mass is 16.6. The fraction of sp³-hybridized carbons (Fsp3) is 0.912. The molecule has 65 heavy (non-hydrogen) atoms. The molecule has 0 radical (unpaired) electrons. The maximum atomic E-state index is 12.8. The maximum absolute atomic E-state index is 12.8. The molecule has 0 fully saturated rings. The largest absolute Gasteiger partial charge is 0.544 e. The van der Waals surface area contributed by atoms with E-state index in [-0.39, 0.29) is 42.7 Å². The van der Waals surface area contributed by atoms with Gasteiger partial charge in [-0.1, -0.05) is 238 Å². The minimum absolute atomic E-state index is 0.0472. The average molecular weight is 920 g/mol. The number of rotatable bonds is 52. The van der Waals surface area contributed by atoms with Crippen LogP contribution in [0.2, 0.25) is 0 Å². The molecule has 0 aromatic rings. The molecular formula is C57H109NO7. The van der Waals surface area contributed by atoms with Gasteiger partial charge in [0.25, 0.3) is 0 Å². The number of carbonyl (C=O) groups is 3. The van der Waals surface area contributed by atoms with E-state index in [0.717, 1.165) is 38.5 Å². The number of nitrogens with zero attached hydrogens (tertiary/aromatic N) is 1. The summed E-state index contributed by atoms with van der Waals surface area (Å²) in [5.74, 6) is -1.71. The fourth-order valence-corrected chi connectivity index (χ4v) is 8.78. The Balaban J connectivity index is 4.14. The van der Waals surface area contributed by atoms with Crippen LogP contribution in [-0.2, 0) is 28.6 Å². The van der Waals surface area contributed by atoms with Gasteiger partial charge in [0, 0.05) is 19.3 Å². The van der Waals surface area contributed by atoms with Crippen LogP contribution >= 0.6 is 0 Å². The summed E-state index contributed by atoms with van der Waals surface area (Å²) < 4.78 is 17.3. The van der Waals surface area contributed by atoms with E-state index in [1.54, 1.807) is 0 Å². The Hall–Kier alpha value is -1.93. The van der Waals surface area contributed by atoms with Gasteiger partial charge in [0.05, 0.1) is 40.3 Å². The Labute approximate surface area is 403 Å². The van der Waals surface area contributed by atoms with Crippen LogP contribution in [0.15, 0.2) is 12.2 Å². The third kappa shape index (κ3) is 46.9. The number of carbonyl (C=O) groups excluding carboxylic acids is 3. The number of aliphatic carboxylic acids is 1. The first-order chi connectivity index (χ1) is 31.6. The van der Waals surface area contributed by atoms with Gasteiger partial charge in [0.15, 0.2) is 6.10 Å². The summed E-state index contributed by atoms with van der Waals surface area (Å²) in [4.78, 5) is 37.1. The summed E-state index contributed by atoms with van der Waals surface area (Å²) in [6.07, 6.45) is 55.3. The highest BCUT2D eigenvalue weighted by molar-refractivity contribution is 5.70. The zero-order valence-corrected chi connectivity index (χ0v) is 43.9. The minimum Gasteiger partial charge on any atom is -0.544 e. The molecule has 0 aliphatic carbocycles. The van der Waals surface area contributed by atoms with E-state index in [4.69, 9.17) is 14.2 Å². The Kier molecular flexibility index (Phi) is 47.1. The van der Waals surface area contributed by atoms with Crippen molar-refractivity contribution in [3.8, 4) is 0 Å². The Bertz CT molecular complexity index is 1070. The topological polar surface area (TPSA) is 102 Å². The molecule has 2 unspecified atom stereocenters. The molecule has 384 valence electrons. The first kappa shape index (κ1) is 63.1. The SMILES string of the molecule is CCCCCCCCCC/C=C\CCCCCCCCCCCCCC(=O)OC(COCCC(C(=O)[O-])[N+](C)(C)C)COC(=O)CCCCCCCCCCCCCCCCCCCC. The molecule has 0 spiro atoms. The summed E-state index contributed by atoms with van der Waals surface area (Å²) in [6.45, 7) is 4.72. The van der Waals surface area contributed by atoms with Crippen molar-refractivity contribution in [3.63, 3.8) is 0 Å². The monoisotopic (exact) mass is 920 g/mol. The first-order valence-electron chi connectivity index (χ1n) is 28.2. The van der Waals surface area contributed by atoms with Gasteiger partial charge in [-0.2, -0.15) is 0 Å². The fourth-order valence-electron chi connectivity index (χ4n) is 8.78. The van der Waals surface area contributed by atoms with E-state index in [1.807, 2.05) is 21.1 Å². The predicted octanol–water partition coefficient (Wildman–Crippen LogP) is 15.3. The molecule has 0 N–H and O–H groups in total. The molecule has 0 rings (SSSR count). The summed E-state index contributed by atoms with van der Waals surface area (Å²) in [7, 11) is 5.43. The minimum atomic E-state index is -1.12. The molecule has 2 atom stereocenters. The maximum Gasteiger partial charge on any atom is 0.306 e. The van der Waals surface area contributed by atoms with Crippen LogP contribution in [0.3, 0.4) is 0 Å². The second-order valence-electron chi connectivity index (χ2n) is 20.5. The third-order valence-corrected chi connectivity index (χ3v) is 13.2. The molecule has 0 amide bonds. The molecule has 0 bridgehead atoms. The number of carboxylic acids is 1. The summed E-state index contributed by atoms with van der Waals surface area (Å²) in [5.41, 5.74) is 0. The van der Waals surface area contributed by atoms with Crippen molar-refractivity contribution in [2.24, 2.45) is 0 Å². The number of allylic oxidation sites excluding steroid dienone is 2. The zero-order valence-electron chi connectivity index (χ0n) is 43.9. The zero-order chi connectivity index (χ0) is 47.7. The third-order valence-electron chi connectivity index (χ3n) is 13.2. The van der Waals surface area contributed by atoms with E-state index in [0.29, 0.717) is 12.8 Å². The van der Waals surface area contributed by atoms with Gasteiger partial charge in [-0.15, -0.1) is 0 Å². The molecular weight excluding hydrogens is 811 g/mol. The lowest BCUT2D eigenvalue weighted by Crippen LogP contribution is -2.55. The molecule has 0 saturated heterocycles. The number of quaternary nitrogens is 1. The first-order valence-corrected chi connectivity index (χ1v) is 28.2. The highest BCUT2D eigenvalue weighted by Crippen LogP contribution is 2.17. The van der Waals surface area contributed by atoms with Crippen molar-refractivity contribution < 1.29 is 38.2 Å². The van der Waals surface area contributed by atoms with E-state index in [2.05, 4.69) is 26.0 Å². The van der Waals surface area contributed by atoms with Gasteiger partial charge in [0.2, 0.25) is 0 Å². The normalized spacial score (nSPS) is 12.8. The predicted molar refractivity (Wildman–Crippen MR) is 273 cm³/mol. The Morgan fingerprint density at radius 3 is 1.11 bits per heavy atom. The summed E-state index contributed by atoms with van der Waals surface area (Å²) >= 11 is 0. The summed E-state index contributed by atoms with van der Waals surface area (Å²) in [5, 5.41) is 11.7. The summed E-state index contributed by atoms with van der Waals surface area (Å²) in [6, 6.07) is -0.722. The number of ether oxygens (including phenoxy) is 3. The molecule has 8 heteroatoms. The molecule has 0 heterocycles. The molecule has 0 aromatic heterocycles. The lowest BCUT2D eigenvalue weighted by atomic mass is 10.0. The standard InChI is InChI=1S/C57H109NO7/c1-6-8-10-12-14-16-18-20-22-24-26-27-28-29-30-32-34-36-38-40-42-44-46-48-56(60)65-53(51-63-50-49-54(57(61)62)58(3,4)5)52-64-55(59)47-45-43-41-39-37-35-33-31-25-23-21-19-17-15-13-11-9-7-2/h24,26,53-54H,6-23,25,27-52H2,1-5H3/b26-24-. The average Bonchev–Trinajstić information content (AvgIpc) is 3.27. The number of unbranched alkanes of at least 4 members (excludes halogenated alkanes) is 36. The lowest BCUT2D eigenvalue weighted by molar-refractivity contribution is -0.889. The number of likely N-dealkylation sites (N-methyl/N-ethyl adjacent to an activating group) is 1. The van der Waals surface area contributed by atoms with Gasteiger partial charge in [0.1, 0.15) is 12.6 Å². The second kappa shape index (κ2) is 48.5. The number of esters is 2. The van der Waals surface area contributed by atoms with Gasteiger partial charge in [-0.3, -0.25) is 9.59 Å².